The summed E-state index contributed by atoms with van der Waals surface area (Å²) in [6.45, 7) is 4.90. The molecule has 0 aliphatic rings. The van der Waals surface area contributed by atoms with Crippen molar-refractivity contribution in [2.24, 2.45) is 0 Å². The topological polar surface area (TPSA) is 237 Å². The second-order valence-corrected chi connectivity index (χ2v) is 29.6. The summed E-state index contributed by atoms with van der Waals surface area (Å²) in [6, 6.07) is 0. The van der Waals surface area contributed by atoms with Gasteiger partial charge < -0.3 is 33.8 Å². The number of phosphoric acid groups is 2. The first-order valence-electron chi connectivity index (χ1n) is 39.2. The molecule has 0 aliphatic heterocycles. The summed E-state index contributed by atoms with van der Waals surface area (Å²) in [5.41, 5.74) is 0. The molecule has 0 rings (SSSR count). The fraction of sp³-hybridized carbons (Fsp3) is 0.870. The zero-order chi connectivity index (χ0) is 70.4. The normalized spacial score (nSPS) is 14.1. The van der Waals surface area contributed by atoms with Crippen LogP contribution in [0.25, 0.3) is 0 Å². The van der Waals surface area contributed by atoms with E-state index >= 15 is 0 Å². The number of hydrogen-bond donors (Lipinski definition) is 3. The van der Waals surface area contributed by atoms with Crippen molar-refractivity contribution in [3.8, 4) is 0 Å². The molecule has 0 aromatic rings. The van der Waals surface area contributed by atoms with Crippen LogP contribution in [0.15, 0.2) is 36.5 Å². The van der Waals surface area contributed by atoms with Crippen LogP contribution in [0.1, 0.15) is 374 Å². The molecule has 0 aromatic carbocycles. The number of aliphatic hydroxyl groups excluding tert-OH is 1. The van der Waals surface area contributed by atoms with Crippen molar-refractivity contribution >= 4 is 39.5 Å². The molecule has 0 radical (unpaired) electrons. The van der Waals surface area contributed by atoms with Gasteiger partial charge in [0.05, 0.1) is 26.4 Å². The Bertz CT molecular complexity index is 1970. The van der Waals surface area contributed by atoms with Gasteiger partial charge in [-0.3, -0.25) is 37.3 Å². The molecule has 0 heterocycles. The van der Waals surface area contributed by atoms with Gasteiger partial charge in [0, 0.05) is 25.7 Å². The molecule has 0 aromatic heterocycles. The lowest BCUT2D eigenvalue weighted by Gasteiger charge is -2.21. The third-order valence-corrected chi connectivity index (χ3v) is 19.0. The highest BCUT2D eigenvalue weighted by molar-refractivity contribution is 7.47. The molecule has 0 spiro atoms. The van der Waals surface area contributed by atoms with Crippen molar-refractivity contribution in [3.63, 3.8) is 0 Å². The number of aliphatic hydroxyl groups is 1. The second-order valence-electron chi connectivity index (χ2n) is 26.7. The van der Waals surface area contributed by atoms with Gasteiger partial charge in [-0.25, -0.2) is 9.13 Å². The van der Waals surface area contributed by atoms with E-state index in [0.29, 0.717) is 25.7 Å². The third-order valence-electron chi connectivity index (χ3n) is 17.1. The van der Waals surface area contributed by atoms with Crippen LogP contribution >= 0.6 is 15.6 Å². The smallest absolute Gasteiger partial charge is 0.462 e. The fourth-order valence-electron chi connectivity index (χ4n) is 11.0. The van der Waals surface area contributed by atoms with Gasteiger partial charge in [0.15, 0.2) is 12.2 Å². The summed E-state index contributed by atoms with van der Waals surface area (Å²) in [6.07, 6.45) is 65.5. The fourth-order valence-corrected chi connectivity index (χ4v) is 12.6. The lowest BCUT2D eigenvalue weighted by Crippen LogP contribution is -2.30. The molecule has 2 unspecified atom stereocenters. The van der Waals surface area contributed by atoms with E-state index in [-0.39, 0.29) is 25.7 Å². The predicted molar refractivity (Wildman–Crippen MR) is 391 cm³/mol. The summed E-state index contributed by atoms with van der Waals surface area (Å²) >= 11 is 0. The van der Waals surface area contributed by atoms with Crippen LogP contribution in [-0.4, -0.2) is 96.7 Å². The van der Waals surface area contributed by atoms with Crippen molar-refractivity contribution in [2.45, 2.75) is 393 Å². The minimum atomic E-state index is -4.97. The van der Waals surface area contributed by atoms with Crippen LogP contribution in [0.3, 0.4) is 0 Å². The van der Waals surface area contributed by atoms with Crippen molar-refractivity contribution < 1.29 is 80.2 Å². The Balaban J connectivity index is 5.31. The molecule has 5 atom stereocenters. The number of hydrogen-bond acceptors (Lipinski definition) is 15. The van der Waals surface area contributed by atoms with Crippen LogP contribution in [0, 0.1) is 0 Å². The summed E-state index contributed by atoms with van der Waals surface area (Å²) in [4.78, 5) is 72.8. The van der Waals surface area contributed by atoms with Gasteiger partial charge in [-0.1, -0.05) is 282 Å². The maximum atomic E-state index is 13.1. The lowest BCUT2D eigenvalue weighted by atomic mass is 10.0. The molecule has 19 heteroatoms. The van der Waals surface area contributed by atoms with Crippen LogP contribution in [0.4, 0.5) is 0 Å². The average molecular weight is 1400 g/mol. The Hall–Kier alpha value is -2.72. The number of unbranched alkanes of at least 4 members (excludes halogenated alkanes) is 43. The Morgan fingerprint density at radius 3 is 0.729 bits per heavy atom. The summed E-state index contributed by atoms with van der Waals surface area (Å²) < 4.78 is 68.5. The number of esters is 4. The summed E-state index contributed by atoms with van der Waals surface area (Å²) in [7, 11) is -9.93. The van der Waals surface area contributed by atoms with Crippen molar-refractivity contribution in [1.82, 2.24) is 0 Å². The highest BCUT2D eigenvalue weighted by Gasteiger charge is 2.30. The number of allylic oxidation sites excluding steroid dienone is 6. The molecule has 3 N–H and O–H groups in total. The van der Waals surface area contributed by atoms with E-state index in [0.717, 1.165) is 154 Å². The first-order chi connectivity index (χ1) is 46.7. The van der Waals surface area contributed by atoms with E-state index < -0.39 is 97.5 Å². The van der Waals surface area contributed by atoms with E-state index in [4.69, 9.17) is 37.0 Å². The molecular weight excluding hydrogens is 1260 g/mol. The van der Waals surface area contributed by atoms with Crippen molar-refractivity contribution in [1.29, 1.82) is 0 Å². The molecule has 17 nitrogen and oxygen atoms in total. The zero-order valence-corrected chi connectivity index (χ0v) is 63.4. The minimum Gasteiger partial charge on any atom is -0.462 e. The summed E-state index contributed by atoms with van der Waals surface area (Å²) in [5, 5.41) is 10.6. The highest BCUT2D eigenvalue weighted by atomic mass is 31.2. The second kappa shape index (κ2) is 70.7. The van der Waals surface area contributed by atoms with Gasteiger partial charge in [0.2, 0.25) is 0 Å². The minimum absolute atomic E-state index is 0.0946. The number of phosphoric ester groups is 2. The Kier molecular flexibility index (Phi) is 68.7. The van der Waals surface area contributed by atoms with Crippen LogP contribution in [0.5, 0.6) is 0 Å². The lowest BCUT2D eigenvalue weighted by molar-refractivity contribution is -0.161. The SMILES string of the molecule is CCCCCC/C=C\CCCCCCCCCC(=O)O[C@H](COC(=O)CCCCCCC/C=C\CCCCCCCC)COP(=O)(O)OC[C@@H](O)COP(=O)(O)OC[C@@H](COC(=O)CCCCCCC/C=C\CCCCCC)OC(=O)CCCCCCCCCCCCCCC. The van der Waals surface area contributed by atoms with E-state index in [2.05, 4.69) is 64.2 Å². The maximum absolute atomic E-state index is 13.1. The molecule has 0 amide bonds. The standard InChI is InChI=1S/C77H144O17P2/c1-5-9-13-17-21-25-29-33-35-39-42-46-50-54-58-62-75(80)88-68-73(94-77(82)64-60-56-52-48-44-40-36-34-30-26-22-18-14-10-6-2)70-92-96(85,86)90-66-71(78)65-89-95(83,84)91-69-72(93-76(81)63-59-55-51-47-43-38-32-28-24-20-16-12-8-4)67-87-74(79)61-57-53-49-45-41-37-31-27-23-19-15-11-7-3/h26-27,30-31,33,35,71-73,78H,5-25,28-29,32,34,36-70H2,1-4H3,(H,83,84)(H,85,86)/b30-26-,31-27-,35-33-/t71-,72+,73+/m0/s1. The molecule has 0 saturated heterocycles. The van der Waals surface area contributed by atoms with Gasteiger partial charge in [0.25, 0.3) is 0 Å². The molecule has 564 valence electrons. The summed E-state index contributed by atoms with van der Waals surface area (Å²) in [5.74, 6) is -2.16. The van der Waals surface area contributed by atoms with Gasteiger partial charge in [-0.15, -0.1) is 0 Å². The van der Waals surface area contributed by atoms with E-state index in [9.17, 15) is 43.2 Å². The molecule has 0 fully saturated rings. The Labute approximate surface area is 585 Å². The highest BCUT2D eigenvalue weighted by Crippen LogP contribution is 2.45. The largest absolute Gasteiger partial charge is 0.472 e. The molecule has 96 heavy (non-hydrogen) atoms. The Morgan fingerprint density at radius 2 is 0.479 bits per heavy atom. The van der Waals surface area contributed by atoms with E-state index in [1.165, 1.54) is 141 Å². The van der Waals surface area contributed by atoms with Crippen molar-refractivity contribution in [2.75, 3.05) is 39.6 Å². The molecular formula is C77H144O17P2. The van der Waals surface area contributed by atoms with Gasteiger partial charge in [0.1, 0.15) is 19.3 Å². The predicted octanol–water partition coefficient (Wildman–Crippen LogP) is 22.3. The average Bonchev–Trinajstić information content (AvgIpc) is 1.43. The first-order valence-corrected chi connectivity index (χ1v) is 42.2. The van der Waals surface area contributed by atoms with Crippen LogP contribution in [-0.2, 0) is 65.4 Å². The van der Waals surface area contributed by atoms with E-state index in [1.54, 1.807) is 0 Å². The van der Waals surface area contributed by atoms with Crippen molar-refractivity contribution in [3.05, 3.63) is 36.5 Å². The molecule has 0 bridgehead atoms. The van der Waals surface area contributed by atoms with Crippen LogP contribution < -0.4 is 0 Å². The molecule has 0 saturated carbocycles. The van der Waals surface area contributed by atoms with Gasteiger partial charge >= 0.3 is 39.5 Å². The van der Waals surface area contributed by atoms with E-state index in [1.807, 2.05) is 0 Å². The maximum Gasteiger partial charge on any atom is 0.472 e. The quantitative estimate of drug-likeness (QED) is 0.0169. The molecule has 0 aliphatic carbocycles. The van der Waals surface area contributed by atoms with Gasteiger partial charge in [-0.2, -0.15) is 0 Å². The monoisotopic (exact) mass is 1400 g/mol. The van der Waals surface area contributed by atoms with Gasteiger partial charge in [-0.05, 0) is 103 Å². The third kappa shape index (κ3) is 69.7. The Morgan fingerprint density at radius 1 is 0.281 bits per heavy atom. The number of carbonyl (C=O) groups excluding carboxylic acids is 4. The number of carbonyl (C=O) groups is 4. The zero-order valence-electron chi connectivity index (χ0n) is 61.6. The number of rotatable bonds is 75. The van der Waals surface area contributed by atoms with Crippen LogP contribution in [0.2, 0.25) is 0 Å². The number of ether oxygens (including phenoxy) is 4. The first kappa shape index (κ1) is 93.3.